The number of hydrogen-bond acceptors (Lipinski definition) is 3. The van der Waals surface area contributed by atoms with E-state index < -0.39 is 0 Å². The maximum absolute atomic E-state index is 6.18. The predicted octanol–water partition coefficient (Wildman–Crippen LogP) is 3.28. The van der Waals surface area contributed by atoms with Crippen molar-refractivity contribution in [1.29, 1.82) is 0 Å². The van der Waals surface area contributed by atoms with Crippen molar-refractivity contribution in [3.63, 3.8) is 0 Å². The average Bonchev–Trinajstić information content (AvgIpc) is 2.58. The zero-order chi connectivity index (χ0) is 13.0. The third kappa shape index (κ3) is 3.16. The first-order valence-corrected chi connectivity index (χ1v) is 6.85. The van der Waals surface area contributed by atoms with Crippen molar-refractivity contribution in [3.8, 4) is 11.5 Å². The van der Waals surface area contributed by atoms with Crippen LogP contribution in [0, 0.1) is 5.92 Å². The molecule has 0 amide bonds. The first kappa shape index (κ1) is 13.2. The van der Waals surface area contributed by atoms with Crippen molar-refractivity contribution >= 4 is 0 Å². The number of rotatable bonds is 4. The lowest BCUT2D eigenvalue weighted by Crippen LogP contribution is -2.12. The van der Waals surface area contributed by atoms with Crippen LogP contribution < -0.4 is 15.2 Å². The molecule has 2 atom stereocenters. The molecule has 0 bridgehead atoms. The van der Waals surface area contributed by atoms with Crippen LogP contribution >= 0.6 is 0 Å². The zero-order valence-corrected chi connectivity index (χ0v) is 11.3. The SMILES string of the molecule is CCCCC(N)c1ccc2c(c1)OCC(C)CO2. The summed E-state index contributed by atoms with van der Waals surface area (Å²) in [6, 6.07) is 6.17. The molecule has 0 spiro atoms. The molecule has 3 heteroatoms. The summed E-state index contributed by atoms with van der Waals surface area (Å²) >= 11 is 0. The highest BCUT2D eigenvalue weighted by atomic mass is 16.5. The lowest BCUT2D eigenvalue weighted by atomic mass is 10.0. The molecule has 0 aliphatic carbocycles. The molecule has 1 aromatic carbocycles. The fourth-order valence-corrected chi connectivity index (χ4v) is 2.09. The first-order valence-electron chi connectivity index (χ1n) is 6.85. The Bertz CT molecular complexity index is 392. The number of nitrogens with two attached hydrogens (primary N) is 1. The molecule has 0 saturated heterocycles. The van der Waals surface area contributed by atoms with Gasteiger partial charge in [-0.2, -0.15) is 0 Å². The van der Waals surface area contributed by atoms with Gasteiger partial charge in [0, 0.05) is 12.0 Å². The minimum Gasteiger partial charge on any atom is -0.489 e. The van der Waals surface area contributed by atoms with E-state index in [4.69, 9.17) is 15.2 Å². The van der Waals surface area contributed by atoms with Crippen LogP contribution in [0.25, 0.3) is 0 Å². The van der Waals surface area contributed by atoms with E-state index >= 15 is 0 Å². The van der Waals surface area contributed by atoms with Crippen LogP contribution in [0.5, 0.6) is 11.5 Å². The Labute approximate surface area is 109 Å². The fourth-order valence-electron chi connectivity index (χ4n) is 2.09. The van der Waals surface area contributed by atoms with Crippen molar-refractivity contribution in [1.82, 2.24) is 0 Å². The summed E-state index contributed by atoms with van der Waals surface area (Å²) in [6.45, 7) is 5.73. The van der Waals surface area contributed by atoms with Crippen LogP contribution in [-0.4, -0.2) is 13.2 Å². The van der Waals surface area contributed by atoms with Gasteiger partial charge in [0.15, 0.2) is 11.5 Å². The van der Waals surface area contributed by atoms with Gasteiger partial charge in [0.2, 0.25) is 0 Å². The Morgan fingerprint density at radius 1 is 1.28 bits per heavy atom. The van der Waals surface area contributed by atoms with Crippen molar-refractivity contribution in [2.24, 2.45) is 11.7 Å². The average molecular weight is 249 g/mol. The summed E-state index contributed by atoms with van der Waals surface area (Å²) < 4.78 is 11.5. The maximum atomic E-state index is 6.18. The molecule has 2 unspecified atom stereocenters. The topological polar surface area (TPSA) is 44.5 Å². The lowest BCUT2D eigenvalue weighted by Gasteiger charge is -2.14. The van der Waals surface area contributed by atoms with Gasteiger partial charge in [-0.05, 0) is 24.1 Å². The summed E-state index contributed by atoms with van der Waals surface area (Å²) in [5, 5.41) is 0. The molecular weight excluding hydrogens is 226 g/mol. The molecule has 0 radical (unpaired) electrons. The lowest BCUT2D eigenvalue weighted by molar-refractivity contribution is 0.228. The van der Waals surface area contributed by atoms with E-state index in [-0.39, 0.29) is 6.04 Å². The van der Waals surface area contributed by atoms with Crippen LogP contribution in [0.3, 0.4) is 0 Å². The molecule has 1 aromatic rings. The predicted molar refractivity (Wildman–Crippen MR) is 73.0 cm³/mol. The highest BCUT2D eigenvalue weighted by Gasteiger charge is 2.16. The van der Waals surface area contributed by atoms with Crippen molar-refractivity contribution in [2.75, 3.05) is 13.2 Å². The van der Waals surface area contributed by atoms with Crippen LogP contribution in [-0.2, 0) is 0 Å². The van der Waals surface area contributed by atoms with Crippen LogP contribution in [0.15, 0.2) is 18.2 Å². The van der Waals surface area contributed by atoms with E-state index in [9.17, 15) is 0 Å². The second-order valence-corrected chi connectivity index (χ2v) is 5.18. The van der Waals surface area contributed by atoms with Gasteiger partial charge >= 0.3 is 0 Å². The van der Waals surface area contributed by atoms with Gasteiger partial charge in [0.25, 0.3) is 0 Å². The second kappa shape index (κ2) is 6.10. The zero-order valence-electron chi connectivity index (χ0n) is 11.3. The van der Waals surface area contributed by atoms with Crippen LogP contribution in [0.4, 0.5) is 0 Å². The quantitative estimate of drug-likeness (QED) is 0.890. The molecular formula is C15H23NO2. The molecule has 3 nitrogen and oxygen atoms in total. The van der Waals surface area contributed by atoms with Crippen molar-refractivity contribution in [2.45, 2.75) is 39.2 Å². The molecule has 1 aliphatic heterocycles. The Morgan fingerprint density at radius 3 is 2.72 bits per heavy atom. The number of benzene rings is 1. The summed E-state index contributed by atoms with van der Waals surface area (Å²) in [5.74, 6) is 2.10. The third-order valence-electron chi connectivity index (χ3n) is 3.31. The van der Waals surface area contributed by atoms with Crippen molar-refractivity contribution < 1.29 is 9.47 Å². The van der Waals surface area contributed by atoms with Gasteiger partial charge in [-0.1, -0.05) is 32.8 Å². The monoisotopic (exact) mass is 249 g/mol. The minimum absolute atomic E-state index is 0.0968. The Hall–Kier alpha value is -1.22. The number of ether oxygens (including phenoxy) is 2. The van der Waals surface area contributed by atoms with Crippen molar-refractivity contribution in [3.05, 3.63) is 23.8 Å². The largest absolute Gasteiger partial charge is 0.489 e. The summed E-state index contributed by atoms with van der Waals surface area (Å²) in [7, 11) is 0. The minimum atomic E-state index is 0.0968. The van der Waals surface area contributed by atoms with Crippen LogP contribution in [0.2, 0.25) is 0 Å². The maximum Gasteiger partial charge on any atom is 0.161 e. The van der Waals surface area contributed by atoms with Crippen LogP contribution in [0.1, 0.15) is 44.7 Å². The molecule has 0 aromatic heterocycles. The molecule has 2 N–H and O–H groups in total. The van der Waals surface area contributed by atoms with Gasteiger partial charge in [-0.25, -0.2) is 0 Å². The standard InChI is InChI=1S/C15H23NO2/c1-3-4-5-13(16)12-6-7-14-15(8-12)18-10-11(2)9-17-14/h6-8,11,13H,3-5,9-10,16H2,1-2H3. The molecule has 0 saturated carbocycles. The van der Waals surface area contributed by atoms with E-state index in [1.807, 2.05) is 12.1 Å². The fraction of sp³-hybridized carbons (Fsp3) is 0.600. The Kier molecular flexibility index (Phi) is 4.48. The number of fused-ring (bicyclic) bond motifs is 1. The number of unbranched alkanes of at least 4 members (excludes halogenated alkanes) is 1. The highest BCUT2D eigenvalue weighted by molar-refractivity contribution is 5.44. The summed E-state index contributed by atoms with van der Waals surface area (Å²) in [4.78, 5) is 0. The first-order chi connectivity index (χ1) is 8.70. The van der Waals surface area contributed by atoms with E-state index in [0.717, 1.165) is 29.9 Å². The van der Waals surface area contributed by atoms with Gasteiger partial charge < -0.3 is 15.2 Å². The molecule has 0 fully saturated rings. The third-order valence-corrected chi connectivity index (χ3v) is 3.31. The highest BCUT2D eigenvalue weighted by Crippen LogP contribution is 2.33. The molecule has 2 rings (SSSR count). The summed E-state index contributed by atoms with van der Waals surface area (Å²) in [5.41, 5.74) is 7.32. The molecule has 1 aliphatic rings. The smallest absolute Gasteiger partial charge is 0.161 e. The molecule has 100 valence electrons. The molecule has 1 heterocycles. The van der Waals surface area contributed by atoms with E-state index in [1.165, 1.54) is 6.42 Å². The molecule has 18 heavy (non-hydrogen) atoms. The van der Waals surface area contributed by atoms with E-state index in [2.05, 4.69) is 19.9 Å². The van der Waals surface area contributed by atoms with E-state index in [1.54, 1.807) is 0 Å². The summed E-state index contributed by atoms with van der Waals surface area (Å²) in [6.07, 6.45) is 3.36. The number of hydrogen-bond donors (Lipinski definition) is 1. The normalized spacial score (nSPS) is 20.3. The second-order valence-electron chi connectivity index (χ2n) is 5.18. The van der Waals surface area contributed by atoms with E-state index in [0.29, 0.717) is 19.1 Å². The van der Waals surface area contributed by atoms with Gasteiger partial charge in [0.05, 0.1) is 13.2 Å². The Morgan fingerprint density at radius 2 is 2.00 bits per heavy atom. The van der Waals surface area contributed by atoms with Gasteiger partial charge in [0.1, 0.15) is 0 Å². The Balaban J connectivity index is 2.11. The van der Waals surface area contributed by atoms with Gasteiger partial charge in [-0.3, -0.25) is 0 Å². The van der Waals surface area contributed by atoms with Gasteiger partial charge in [-0.15, -0.1) is 0 Å².